The molecule has 0 aromatic carbocycles. The van der Waals surface area contributed by atoms with Crippen LogP contribution in [0.3, 0.4) is 0 Å². The summed E-state index contributed by atoms with van der Waals surface area (Å²) in [4.78, 5) is 47.1. The summed E-state index contributed by atoms with van der Waals surface area (Å²) in [6, 6.07) is 2.82. The van der Waals surface area contributed by atoms with Gasteiger partial charge in [-0.25, -0.2) is 4.79 Å². The van der Waals surface area contributed by atoms with Crippen LogP contribution in [-0.4, -0.2) is 137 Å². The molecule has 474 valence electrons. The lowest BCUT2D eigenvalue weighted by molar-refractivity contribution is -0.154. The SMILES string of the molecule is C.C.C.C.CCC(C)(C)C(=O)OCCC[Si](C)(C)O[Si](C)(C)C.CCC(C)(C)C(=O)OCCC[Si](O[Si](C)(C)C)(O[Si](C)(C)C)O[Si](C)(C)C.CCC(C)C(=O)OCCCNC(=O)OCCOCCC[Si](C)(C)O[Si](C)(C)C. The minimum atomic E-state index is -2.83. The van der Waals surface area contributed by atoms with Gasteiger partial charge in [0.05, 0.1) is 43.2 Å². The van der Waals surface area contributed by atoms with Gasteiger partial charge in [-0.05, 0) is 209 Å². The van der Waals surface area contributed by atoms with Crippen molar-refractivity contribution in [3.63, 3.8) is 0 Å². The topological polar surface area (TPSA) is 173 Å². The minimum absolute atomic E-state index is 0. The van der Waals surface area contributed by atoms with Crippen molar-refractivity contribution in [2.24, 2.45) is 16.7 Å². The zero-order valence-corrected chi connectivity index (χ0v) is 60.8. The van der Waals surface area contributed by atoms with E-state index in [1.54, 1.807) is 0 Å². The maximum atomic E-state index is 12.2. The average molecular weight is 1260 g/mol. The molecule has 1 unspecified atom stereocenters. The van der Waals surface area contributed by atoms with Crippen LogP contribution in [0.1, 0.15) is 130 Å². The zero-order chi connectivity index (χ0) is 58.7. The fourth-order valence-corrected chi connectivity index (χ4v) is 37.6. The van der Waals surface area contributed by atoms with Crippen LogP contribution in [-0.2, 0) is 58.6 Å². The number of esters is 3. The molecule has 0 aromatic rings. The van der Waals surface area contributed by atoms with E-state index in [-0.39, 0.29) is 65.6 Å². The second kappa shape index (κ2) is 41.2. The van der Waals surface area contributed by atoms with E-state index in [0.29, 0.717) is 58.5 Å². The number of hydrogen-bond donors (Lipinski definition) is 1. The molecule has 1 amide bonds. The molecular weight excluding hydrogens is 1120 g/mol. The summed E-state index contributed by atoms with van der Waals surface area (Å²) in [5.74, 6) is -0.499. The van der Waals surface area contributed by atoms with Crippen LogP contribution in [0.2, 0.25) is 143 Å². The molecule has 0 saturated heterocycles. The Morgan fingerprint density at radius 2 is 0.756 bits per heavy atom. The van der Waals surface area contributed by atoms with Crippen molar-refractivity contribution in [3.05, 3.63) is 0 Å². The first-order chi connectivity index (χ1) is 33.2. The van der Waals surface area contributed by atoms with Crippen LogP contribution in [0.5, 0.6) is 0 Å². The lowest BCUT2D eigenvalue weighted by atomic mass is 9.91. The van der Waals surface area contributed by atoms with Crippen molar-refractivity contribution in [3.8, 4) is 0 Å². The van der Waals surface area contributed by atoms with Crippen LogP contribution in [0.15, 0.2) is 0 Å². The first kappa shape index (κ1) is 90.9. The van der Waals surface area contributed by atoms with Gasteiger partial charge in [0.25, 0.3) is 0 Å². The van der Waals surface area contributed by atoms with Crippen LogP contribution in [0, 0.1) is 16.7 Å². The standard InChI is InChI=1S/C19H41NO6Si2.C18H44O5Si4.C14H32O3Si2.4CH4/c1-8-17(2)18(21)24-13-9-11-20-19(22)25-15-14-23-12-10-16-28(6,7)26-27(3,4)5;1-13-18(2,3)17(19)20-15-14-16-27(21-24(4,5)6,22-25(7,8)9)23-26(10,11)12;1-9-14(2,3)13(15)16-11-10-12-19(7,8)17-18(4,5)6;;;;/h17H,8-16H2,1-7H3,(H,20,22);13-16H2,1-12H3;9-12H2,1-8H3;4*1H4. The van der Waals surface area contributed by atoms with Gasteiger partial charge in [0.15, 0.2) is 58.2 Å². The molecule has 0 heterocycles. The van der Waals surface area contributed by atoms with Crippen molar-refractivity contribution >= 4 is 91.0 Å². The fourth-order valence-electron chi connectivity index (χ4n) is 6.86. The van der Waals surface area contributed by atoms with Gasteiger partial charge in [0.2, 0.25) is 0 Å². The number of alkyl carbamates (subject to hydrolysis) is 1. The molecule has 78 heavy (non-hydrogen) atoms. The molecule has 0 radical (unpaired) electrons. The van der Waals surface area contributed by atoms with E-state index in [4.69, 9.17) is 44.3 Å². The first-order valence-electron chi connectivity index (χ1n) is 27.7. The molecule has 0 fully saturated rings. The Balaban J connectivity index is -0.000000192. The maximum Gasteiger partial charge on any atom is 0.469 e. The highest BCUT2D eigenvalue weighted by atomic mass is 28.5. The molecule has 0 aromatic heterocycles. The van der Waals surface area contributed by atoms with Gasteiger partial charge in [0.1, 0.15) is 6.61 Å². The monoisotopic (exact) mass is 1260 g/mol. The highest BCUT2D eigenvalue weighted by molar-refractivity contribution is 6.90. The Morgan fingerprint density at radius 3 is 1.09 bits per heavy atom. The van der Waals surface area contributed by atoms with Gasteiger partial charge in [-0.15, -0.1) is 0 Å². The second-order valence-corrected chi connectivity index (χ2v) is 61.9. The van der Waals surface area contributed by atoms with Crippen molar-refractivity contribution in [2.75, 3.05) is 46.2 Å². The number of carbonyl (C=O) groups is 4. The van der Waals surface area contributed by atoms with E-state index in [1.807, 2.05) is 55.4 Å². The van der Waals surface area contributed by atoms with Crippen molar-refractivity contribution in [2.45, 2.75) is 273 Å². The van der Waals surface area contributed by atoms with Crippen LogP contribution < -0.4 is 5.32 Å². The maximum absolute atomic E-state index is 12.2. The van der Waals surface area contributed by atoms with Gasteiger partial charge in [-0.2, -0.15) is 0 Å². The van der Waals surface area contributed by atoms with Crippen LogP contribution in [0.25, 0.3) is 0 Å². The molecule has 0 aliphatic carbocycles. The summed E-state index contributed by atoms with van der Waals surface area (Å²) < 4.78 is 59.0. The predicted octanol–water partition coefficient (Wildman–Crippen LogP) is 17.0. The van der Waals surface area contributed by atoms with Gasteiger partial charge in [0, 0.05) is 19.2 Å². The van der Waals surface area contributed by atoms with Crippen LogP contribution in [0.4, 0.5) is 4.79 Å². The number of nitrogens with one attached hydrogen (secondary N) is 1. The lowest BCUT2D eigenvalue weighted by Gasteiger charge is -2.42. The number of amides is 1. The van der Waals surface area contributed by atoms with Crippen molar-refractivity contribution < 1.29 is 63.4 Å². The van der Waals surface area contributed by atoms with Gasteiger partial charge >= 0.3 is 32.8 Å². The number of rotatable bonds is 35. The third kappa shape index (κ3) is 53.2. The number of carbonyl (C=O) groups excluding carboxylic acids is 4. The second-order valence-electron chi connectivity index (χ2n) is 26.8. The Morgan fingerprint density at radius 1 is 0.423 bits per heavy atom. The first-order valence-corrected chi connectivity index (χ1v) is 52.9. The van der Waals surface area contributed by atoms with E-state index in [2.05, 4.69) is 130 Å². The third-order valence-electron chi connectivity index (χ3n) is 10.8. The lowest BCUT2D eigenvalue weighted by Crippen LogP contribution is -2.60. The molecule has 0 spiro atoms. The van der Waals surface area contributed by atoms with Crippen molar-refractivity contribution in [1.82, 2.24) is 5.32 Å². The Bertz CT molecular complexity index is 1550. The molecule has 15 nitrogen and oxygen atoms in total. The smallest absolute Gasteiger partial charge is 0.465 e. The van der Waals surface area contributed by atoms with Gasteiger partial charge in [-0.3, -0.25) is 14.4 Å². The predicted molar refractivity (Wildman–Crippen MR) is 353 cm³/mol. The van der Waals surface area contributed by atoms with E-state index in [1.165, 1.54) is 0 Å². The zero-order valence-electron chi connectivity index (χ0n) is 52.8. The molecule has 0 saturated carbocycles. The molecular formula is C55H133NO14Si8. The van der Waals surface area contributed by atoms with Gasteiger partial charge in [-0.1, -0.05) is 57.4 Å². The van der Waals surface area contributed by atoms with E-state index < -0.39 is 78.5 Å². The summed E-state index contributed by atoms with van der Waals surface area (Å²) in [5.41, 5.74) is -0.797. The normalized spacial score (nSPS) is 13.0. The van der Waals surface area contributed by atoms with Crippen LogP contribution >= 0.6 is 0 Å². The quantitative estimate of drug-likeness (QED) is 0.0275. The molecule has 0 rings (SSSR count). The third-order valence-corrected chi connectivity index (χ3v) is 35.3. The summed E-state index contributed by atoms with van der Waals surface area (Å²) in [7, 11) is -14.6. The Labute approximate surface area is 492 Å². The highest BCUT2D eigenvalue weighted by Gasteiger charge is 2.49. The number of ether oxygens (including phenoxy) is 5. The van der Waals surface area contributed by atoms with E-state index >= 15 is 0 Å². The molecule has 23 heteroatoms. The van der Waals surface area contributed by atoms with Crippen molar-refractivity contribution in [1.29, 1.82) is 0 Å². The molecule has 0 bridgehead atoms. The highest BCUT2D eigenvalue weighted by Crippen LogP contribution is 2.31. The fraction of sp³-hybridized carbons (Fsp3) is 0.927. The average Bonchev–Trinajstić information content (AvgIpc) is 3.19. The van der Waals surface area contributed by atoms with E-state index in [9.17, 15) is 19.2 Å². The Kier molecular flexibility index (Phi) is 48.1. The minimum Gasteiger partial charge on any atom is -0.465 e. The summed E-state index contributed by atoms with van der Waals surface area (Å²) in [6.07, 6.45) is 5.00. The molecule has 0 aliphatic rings. The summed E-state index contributed by atoms with van der Waals surface area (Å²) >= 11 is 0. The summed E-state index contributed by atoms with van der Waals surface area (Å²) in [5, 5.41) is 2.63. The molecule has 1 N–H and O–H groups in total. The largest absolute Gasteiger partial charge is 0.469 e. The molecule has 0 aliphatic heterocycles. The van der Waals surface area contributed by atoms with Gasteiger partial charge < -0.3 is 49.6 Å². The Hall–Kier alpha value is -0.825. The van der Waals surface area contributed by atoms with E-state index in [0.717, 1.165) is 44.2 Å². The summed E-state index contributed by atoms with van der Waals surface area (Å²) in [6.45, 7) is 60.4. The number of hydrogen-bond acceptors (Lipinski definition) is 14. The molecule has 1 atom stereocenters.